The van der Waals surface area contributed by atoms with Gasteiger partial charge in [-0.1, -0.05) is 6.42 Å². The molecule has 3 aliphatic heterocycles. The van der Waals surface area contributed by atoms with Gasteiger partial charge in [-0.05, 0) is 32.6 Å². The van der Waals surface area contributed by atoms with Gasteiger partial charge in [0.25, 0.3) is 0 Å². The molecular weight excluding hydrogens is 370 g/mol. The molecule has 4 aliphatic rings. The Labute approximate surface area is 171 Å². The normalized spacial score (nSPS) is 33.5. The number of fused-ring (bicyclic) bond motifs is 1. The summed E-state index contributed by atoms with van der Waals surface area (Å²) in [6.07, 6.45) is 7.46. The average Bonchev–Trinajstić information content (AvgIpc) is 3.31. The Balaban J connectivity index is 1.18. The number of anilines is 1. The van der Waals surface area contributed by atoms with E-state index < -0.39 is 0 Å². The fraction of sp³-hybridized carbons (Fsp3) is 0.762. The molecule has 158 valence electrons. The van der Waals surface area contributed by atoms with E-state index in [1.165, 1.54) is 6.42 Å². The molecule has 3 saturated heterocycles. The van der Waals surface area contributed by atoms with E-state index in [0.717, 1.165) is 50.2 Å². The number of rotatable bonds is 6. The number of likely N-dealkylation sites (tertiary alicyclic amines) is 1. The Bertz CT molecular complexity index is 819. The lowest BCUT2D eigenvalue weighted by atomic mass is 9.73. The van der Waals surface area contributed by atoms with Gasteiger partial charge < -0.3 is 15.4 Å². The molecule has 2 amide bonds. The Morgan fingerprint density at radius 3 is 2.86 bits per heavy atom. The summed E-state index contributed by atoms with van der Waals surface area (Å²) in [4.78, 5) is 27.1. The maximum atomic E-state index is 12.6. The van der Waals surface area contributed by atoms with Crippen molar-refractivity contribution in [3.8, 4) is 0 Å². The van der Waals surface area contributed by atoms with Gasteiger partial charge in [-0.3, -0.25) is 19.2 Å². The van der Waals surface area contributed by atoms with Crippen LogP contribution in [0.3, 0.4) is 0 Å². The molecule has 2 N–H and O–H groups in total. The van der Waals surface area contributed by atoms with E-state index in [1.807, 2.05) is 20.2 Å². The van der Waals surface area contributed by atoms with Gasteiger partial charge in [0.15, 0.2) is 0 Å². The monoisotopic (exact) mass is 401 g/mol. The topological polar surface area (TPSA) is 88.5 Å². The maximum Gasteiger partial charge on any atom is 0.238 e. The number of ether oxygens (including phenoxy) is 1. The van der Waals surface area contributed by atoms with Crippen LogP contribution in [0, 0.1) is 24.7 Å². The molecule has 0 radical (unpaired) electrons. The molecule has 4 heterocycles. The second-order valence-corrected chi connectivity index (χ2v) is 9.42. The SMILES string of the molecule is Cc1nn(C)cc1NC(=O)CN1C[C@@H]2[C@H](CNC(=O)C3CCC3)[C@H]3CC[C@]2(C1)O3. The molecule has 5 rings (SSSR count). The fourth-order valence-electron chi connectivity index (χ4n) is 5.83. The minimum atomic E-state index is -0.124. The third-order valence-electron chi connectivity index (χ3n) is 7.50. The highest BCUT2D eigenvalue weighted by atomic mass is 16.5. The maximum absolute atomic E-state index is 12.6. The van der Waals surface area contributed by atoms with E-state index >= 15 is 0 Å². The second-order valence-electron chi connectivity index (χ2n) is 9.42. The lowest BCUT2D eigenvalue weighted by Crippen LogP contribution is -2.44. The first-order chi connectivity index (χ1) is 13.9. The largest absolute Gasteiger partial charge is 0.370 e. The molecule has 29 heavy (non-hydrogen) atoms. The quantitative estimate of drug-likeness (QED) is 0.744. The van der Waals surface area contributed by atoms with Gasteiger partial charge in [0.2, 0.25) is 11.8 Å². The first-order valence-corrected chi connectivity index (χ1v) is 10.9. The standard InChI is InChI=1S/C21H31N5O3/c1-13-17(10-25(2)24-13)23-19(27)11-26-9-16-15(8-22-20(28)14-4-3-5-14)18-6-7-21(16,12-26)29-18/h10,14-16,18H,3-9,11-12H2,1-2H3,(H,22,28)(H,23,27)/t15-,16+,18+,21+/m0/s1. The number of carbonyl (C=O) groups excluding carboxylic acids is 2. The van der Waals surface area contributed by atoms with Crippen molar-refractivity contribution >= 4 is 17.5 Å². The Kier molecular flexibility index (Phi) is 4.66. The zero-order valence-corrected chi connectivity index (χ0v) is 17.3. The summed E-state index contributed by atoms with van der Waals surface area (Å²) in [5.74, 6) is 1.19. The van der Waals surface area contributed by atoms with Crippen LogP contribution in [0.25, 0.3) is 0 Å². The van der Waals surface area contributed by atoms with Crippen LogP contribution in [0.1, 0.15) is 37.8 Å². The van der Waals surface area contributed by atoms with E-state index in [9.17, 15) is 9.59 Å². The number of hydrogen-bond donors (Lipinski definition) is 2. The van der Waals surface area contributed by atoms with E-state index in [1.54, 1.807) is 4.68 Å². The highest BCUT2D eigenvalue weighted by Gasteiger charge is 2.62. The number of carbonyl (C=O) groups is 2. The van der Waals surface area contributed by atoms with Crippen molar-refractivity contribution in [2.45, 2.75) is 50.7 Å². The zero-order chi connectivity index (χ0) is 20.2. The van der Waals surface area contributed by atoms with Crippen LogP contribution in [-0.4, -0.2) is 64.4 Å². The highest BCUT2D eigenvalue weighted by Crippen LogP contribution is 2.54. The van der Waals surface area contributed by atoms with Crippen molar-refractivity contribution in [1.82, 2.24) is 20.0 Å². The lowest BCUT2D eigenvalue weighted by molar-refractivity contribution is -0.127. The number of aromatic nitrogens is 2. The van der Waals surface area contributed by atoms with Crippen LogP contribution in [0.5, 0.6) is 0 Å². The molecule has 8 heteroatoms. The van der Waals surface area contributed by atoms with Crippen molar-refractivity contribution in [2.24, 2.45) is 24.8 Å². The summed E-state index contributed by atoms with van der Waals surface area (Å²) in [7, 11) is 1.85. The van der Waals surface area contributed by atoms with E-state index in [4.69, 9.17) is 4.74 Å². The Morgan fingerprint density at radius 2 is 2.17 bits per heavy atom. The van der Waals surface area contributed by atoms with Crippen molar-refractivity contribution in [1.29, 1.82) is 0 Å². The molecule has 1 aliphatic carbocycles. The molecule has 4 atom stereocenters. The van der Waals surface area contributed by atoms with Gasteiger partial charge in [0.05, 0.1) is 29.6 Å². The predicted octanol–water partition coefficient (Wildman–Crippen LogP) is 1.06. The van der Waals surface area contributed by atoms with E-state index in [0.29, 0.717) is 24.9 Å². The van der Waals surface area contributed by atoms with Crippen molar-refractivity contribution in [3.05, 3.63) is 11.9 Å². The molecule has 0 unspecified atom stereocenters. The smallest absolute Gasteiger partial charge is 0.238 e. The summed E-state index contributed by atoms with van der Waals surface area (Å²) in [5.41, 5.74) is 1.46. The van der Waals surface area contributed by atoms with Crippen LogP contribution in [0.4, 0.5) is 5.69 Å². The molecule has 1 saturated carbocycles. The Hall–Kier alpha value is -1.93. The highest BCUT2D eigenvalue weighted by molar-refractivity contribution is 5.92. The predicted molar refractivity (Wildman–Crippen MR) is 107 cm³/mol. The summed E-state index contributed by atoms with van der Waals surface area (Å²) in [6, 6.07) is 0. The third kappa shape index (κ3) is 3.36. The van der Waals surface area contributed by atoms with Gasteiger partial charge in [-0.2, -0.15) is 5.10 Å². The molecular formula is C21H31N5O3. The third-order valence-corrected chi connectivity index (χ3v) is 7.50. The zero-order valence-electron chi connectivity index (χ0n) is 17.3. The van der Waals surface area contributed by atoms with Crippen molar-refractivity contribution in [3.63, 3.8) is 0 Å². The summed E-state index contributed by atoms with van der Waals surface area (Å²) in [6.45, 7) is 4.63. The number of hydrogen-bond acceptors (Lipinski definition) is 5. The van der Waals surface area contributed by atoms with Gasteiger partial charge in [0, 0.05) is 50.6 Å². The van der Waals surface area contributed by atoms with Crippen LogP contribution in [-0.2, 0) is 21.4 Å². The number of nitrogens with zero attached hydrogens (tertiary/aromatic N) is 3. The molecule has 1 spiro atoms. The van der Waals surface area contributed by atoms with Crippen molar-refractivity contribution in [2.75, 3.05) is 31.5 Å². The molecule has 1 aromatic heterocycles. The van der Waals surface area contributed by atoms with Crippen LogP contribution in [0.15, 0.2) is 6.20 Å². The van der Waals surface area contributed by atoms with Gasteiger partial charge in [-0.15, -0.1) is 0 Å². The lowest BCUT2D eigenvalue weighted by Gasteiger charge is -2.31. The summed E-state index contributed by atoms with van der Waals surface area (Å²) < 4.78 is 8.15. The molecule has 8 nitrogen and oxygen atoms in total. The first-order valence-electron chi connectivity index (χ1n) is 10.9. The van der Waals surface area contributed by atoms with Gasteiger partial charge in [0.1, 0.15) is 0 Å². The summed E-state index contributed by atoms with van der Waals surface area (Å²) in [5, 5.41) is 10.4. The van der Waals surface area contributed by atoms with Crippen molar-refractivity contribution < 1.29 is 14.3 Å². The molecule has 0 aromatic carbocycles. The van der Waals surface area contributed by atoms with Crippen LogP contribution in [0.2, 0.25) is 0 Å². The minimum absolute atomic E-state index is 0.0122. The fourth-order valence-corrected chi connectivity index (χ4v) is 5.83. The second kappa shape index (κ2) is 7.09. The van der Waals surface area contributed by atoms with Gasteiger partial charge >= 0.3 is 0 Å². The van der Waals surface area contributed by atoms with E-state index in [-0.39, 0.29) is 29.4 Å². The van der Waals surface area contributed by atoms with Crippen LogP contribution >= 0.6 is 0 Å². The number of amides is 2. The molecule has 2 bridgehead atoms. The molecule has 1 aromatic rings. The van der Waals surface area contributed by atoms with Gasteiger partial charge in [-0.25, -0.2) is 0 Å². The number of nitrogens with one attached hydrogen (secondary N) is 2. The van der Waals surface area contributed by atoms with E-state index in [2.05, 4.69) is 20.6 Å². The minimum Gasteiger partial charge on any atom is -0.370 e. The number of aryl methyl sites for hydroxylation is 2. The Morgan fingerprint density at radius 1 is 1.34 bits per heavy atom. The first kappa shape index (κ1) is 19.1. The average molecular weight is 402 g/mol. The van der Waals surface area contributed by atoms with Crippen LogP contribution < -0.4 is 10.6 Å². The molecule has 4 fully saturated rings. The summed E-state index contributed by atoms with van der Waals surface area (Å²) >= 11 is 0.